The number of nitrogens with zero attached hydrogens (tertiary/aromatic N) is 1. The second-order valence-corrected chi connectivity index (χ2v) is 6.14. The number of likely N-dealkylation sites (N-methyl/N-ethyl adjacent to an activating group) is 1. The van der Waals surface area contributed by atoms with Crippen LogP contribution in [0.2, 0.25) is 0 Å². The Balaban J connectivity index is 2.08. The van der Waals surface area contributed by atoms with Crippen LogP contribution in [0.5, 0.6) is 11.5 Å². The Labute approximate surface area is 147 Å². The topological polar surface area (TPSA) is 38.8 Å². The van der Waals surface area contributed by atoms with E-state index in [1.807, 2.05) is 54.5 Å². The highest BCUT2D eigenvalue weighted by Crippen LogP contribution is 2.28. The van der Waals surface area contributed by atoms with Crippen molar-refractivity contribution in [1.29, 1.82) is 0 Å². The van der Waals surface area contributed by atoms with Crippen molar-refractivity contribution < 1.29 is 14.3 Å². The molecule has 2 rings (SSSR count). The molecule has 24 heavy (non-hydrogen) atoms. The molecule has 0 bridgehead atoms. The van der Waals surface area contributed by atoms with Gasteiger partial charge in [-0.05, 0) is 49.1 Å². The molecule has 0 spiro atoms. The van der Waals surface area contributed by atoms with Gasteiger partial charge < -0.3 is 14.4 Å². The van der Waals surface area contributed by atoms with Gasteiger partial charge in [-0.15, -0.1) is 11.3 Å². The fraction of sp³-hybridized carbons (Fsp3) is 0.316. The van der Waals surface area contributed by atoms with Crippen LogP contribution < -0.4 is 9.47 Å². The summed E-state index contributed by atoms with van der Waals surface area (Å²) in [6, 6.07) is 9.67. The van der Waals surface area contributed by atoms with Crippen LogP contribution in [0.15, 0.2) is 41.8 Å². The van der Waals surface area contributed by atoms with E-state index >= 15 is 0 Å². The summed E-state index contributed by atoms with van der Waals surface area (Å²) in [6.07, 6.45) is 3.41. The van der Waals surface area contributed by atoms with Gasteiger partial charge in [-0.2, -0.15) is 0 Å². The molecule has 5 heteroatoms. The van der Waals surface area contributed by atoms with Crippen molar-refractivity contribution in [2.45, 2.75) is 20.4 Å². The third-order valence-electron chi connectivity index (χ3n) is 3.53. The summed E-state index contributed by atoms with van der Waals surface area (Å²) in [4.78, 5) is 15.4. The van der Waals surface area contributed by atoms with Gasteiger partial charge in [-0.3, -0.25) is 4.79 Å². The molecule has 0 saturated heterocycles. The number of hydrogen-bond acceptors (Lipinski definition) is 4. The lowest BCUT2D eigenvalue weighted by Gasteiger charge is -2.18. The Hall–Kier alpha value is -2.27. The molecular formula is C19H23NO3S. The standard InChI is InChI=1S/C19H23NO3S/c1-4-20(14-16-7-6-12-24-16)19(21)11-9-15-8-10-17(22-3)18(13-15)23-5-2/h6-13H,4-5,14H2,1-3H3. The van der Waals surface area contributed by atoms with Crippen molar-refractivity contribution in [2.75, 3.05) is 20.3 Å². The molecule has 2 aromatic rings. The number of amides is 1. The van der Waals surface area contributed by atoms with Crippen molar-refractivity contribution in [3.63, 3.8) is 0 Å². The lowest BCUT2D eigenvalue weighted by Crippen LogP contribution is -2.28. The van der Waals surface area contributed by atoms with Crippen molar-refractivity contribution in [3.05, 3.63) is 52.2 Å². The summed E-state index contributed by atoms with van der Waals surface area (Å²) < 4.78 is 10.8. The number of thiophene rings is 1. The van der Waals surface area contributed by atoms with E-state index in [9.17, 15) is 4.79 Å². The normalized spacial score (nSPS) is 10.8. The molecular weight excluding hydrogens is 322 g/mol. The minimum atomic E-state index is -0.000298. The summed E-state index contributed by atoms with van der Waals surface area (Å²) in [5, 5.41) is 2.02. The van der Waals surface area contributed by atoms with Crippen molar-refractivity contribution in [1.82, 2.24) is 4.90 Å². The average Bonchev–Trinajstić information content (AvgIpc) is 3.11. The molecule has 128 valence electrons. The number of carbonyl (C=O) groups excluding carboxylic acids is 1. The highest BCUT2D eigenvalue weighted by Gasteiger charge is 2.10. The van der Waals surface area contributed by atoms with Gasteiger partial charge in [0.1, 0.15) is 0 Å². The molecule has 0 saturated carbocycles. The molecule has 0 aliphatic rings. The van der Waals surface area contributed by atoms with Crippen LogP contribution in [-0.4, -0.2) is 31.1 Å². The van der Waals surface area contributed by atoms with Gasteiger partial charge >= 0.3 is 0 Å². The summed E-state index contributed by atoms with van der Waals surface area (Å²) >= 11 is 1.66. The van der Waals surface area contributed by atoms with Gasteiger partial charge in [0.15, 0.2) is 11.5 Å². The van der Waals surface area contributed by atoms with E-state index in [2.05, 4.69) is 0 Å². The third-order valence-corrected chi connectivity index (χ3v) is 4.39. The Morgan fingerprint density at radius 3 is 2.71 bits per heavy atom. The molecule has 0 radical (unpaired) electrons. The van der Waals surface area contributed by atoms with Crippen LogP contribution in [0.1, 0.15) is 24.3 Å². The van der Waals surface area contributed by atoms with Crippen LogP contribution in [-0.2, 0) is 11.3 Å². The van der Waals surface area contributed by atoms with Crippen LogP contribution in [0, 0.1) is 0 Å². The molecule has 1 amide bonds. The lowest BCUT2D eigenvalue weighted by molar-refractivity contribution is -0.126. The number of carbonyl (C=O) groups is 1. The Bertz CT molecular complexity index is 680. The van der Waals surface area contributed by atoms with Crippen LogP contribution in [0.25, 0.3) is 6.08 Å². The molecule has 1 heterocycles. The van der Waals surface area contributed by atoms with E-state index in [4.69, 9.17) is 9.47 Å². The Kier molecular flexibility index (Phi) is 6.88. The van der Waals surface area contributed by atoms with E-state index in [-0.39, 0.29) is 5.91 Å². The van der Waals surface area contributed by atoms with E-state index in [0.29, 0.717) is 31.2 Å². The zero-order valence-electron chi connectivity index (χ0n) is 14.3. The minimum absolute atomic E-state index is 0.000298. The van der Waals surface area contributed by atoms with Gasteiger partial charge in [0, 0.05) is 17.5 Å². The van der Waals surface area contributed by atoms with Crippen molar-refractivity contribution >= 4 is 23.3 Å². The van der Waals surface area contributed by atoms with Crippen molar-refractivity contribution in [2.24, 2.45) is 0 Å². The molecule has 4 nitrogen and oxygen atoms in total. The zero-order valence-corrected chi connectivity index (χ0v) is 15.1. The molecule has 0 aliphatic heterocycles. The fourth-order valence-corrected chi connectivity index (χ4v) is 2.99. The summed E-state index contributed by atoms with van der Waals surface area (Å²) in [5.41, 5.74) is 0.903. The Morgan fingerprint density at radius 1 is 1.25 bits per heavy atom. The van der Waals surface area contributed by atoms with Crippen LogP contribution >= 0.6 is 11.3 Å². The largest absolute Gasteiger partial charge is 0.493 e. The molecule has 0 atom stereocenters. The quantitative estimate of drug-likeness (QED) is 0.673. The lowest BCUT2D eigenvalue weighted by atomic mass is 10.2. The first-order valence-electron chi connectivity index (χ1n) is 7.98. The second kappa shape index (κ2) is 9.13. The van der Waals surface area contributed by atoms with Crippen LogP contribution in [0.4, 0.5) is 0 Å². The smallest absolute Gasteiger partial charge is 0.246 e. The number of ether oxygens (including phenoxy) is 2. The van der Waals surface area contributed by atoms with Gasteiger partial charge in [-0.1, -0.05) is 12.1 Å². The predicted octanol–water partition coefficient (Wildman–Crippen LogP) is 4.22. The Morgan fingerprint density at radius 2 is 2.08 bits per heavy atom. The maximum Gasteiger partial charge on any atom is 0.246 e. The van der Waals surface area contributed by atoms with Crippen molar-refractivity contribution in [3.8, 4) is 11.5 Å². The highest BCUT2D eigenvalue weighted by atomic mass is 32.1. The molecule has 1 aromatic carbocycles. The van der Waals surface area contributed by atoms with Crippen LogP contribution in [0.3, 0.4) is 0 Å². The van der Waals surface area contributed by atoms with Gasteiger partial charge in [0.05, 0.1) is 20.3 Å². The fourth-order valence-electron chi connectivity index (χ4n) is 2.27. The maximum absolute atomic E-state index is 12.4. The molecule has 0 aliphatic carbocycles. The molecule has 0 unspecified atom stereocenters. The minimum Gasteiger partial charge on any atom is -0.493 e. The van der Waals surface area contributed by atoms with E-state index in [0.717, 1.165) is 5.56 Å². The molecule has 0 fully saturated rings. The predicted molar refractivity (Wildman–Crippen MR) is 98.6 cm³/mol. The number of methoxy groups -OCH3 is 1. The zero-order chi connectivity index (χ0) is 17.4. The summed E-state index contributed by atoms with van der Waals surface area (Å²) in [7, 11) is 1.61. The SMILES string of the molecule is CCOc1cc(C=CC(=O)N(CC)Cc2cccs2)ccc1OC. The number of hydrogen-bond donors (Lipinski definition) is 0. The average molecular weight is 345 g/mol. The van der Waals surface area contributed by atoms with E-state index in [1.165, 1.54) is 4.88 Å². The summed E-state index contributed by atoms with van der Waals surface area (Å²) in [6.45, 7) is 5.79. The number of benzene rings is 1. The first-order chi connectivity index (χ1) is 11.7. The number of rotatable bonds is 8. The van der Waals surface area contributed by atoms with E-state index < -0.39 is 0 Å². The van der Waals surface area contributed by atoms with Gasteiger partial charge in [0.2, 0.25) is 5.91 Å². The maximum atomic E-state index is 12.4. The van der Waals surface area contributed by atoms with Gasteiger partial charge in [-0.25, -0.2) is 0 Å². The monoisotopic (exact) mass is 345 g/mol. The second-order valence-electron chi connectivity index (χ2n) is 5.11. The highest BCUT2D eigenvalue weighted by molar-refractivity contribution is 7.09. The molecule has 1 aromatic heterocycles. The third kappa shape index (κ3) is 4.86. The van der Waals surface area contributed by atoms with E-state index in [1.54, 1.807) is 30.6 Å². The molecule has 0 N–H and O–H groups in total. The first-order valence-corrected chi connectivity index (χ1v) is 8.86. The van der Waals surface area contributed by atoms with Gasteiger partial charge in [0.25, 0.3) is 0 Å². The summed E-state index contributed by atoms with van der Waals surface area (Å²) in [5.74, 6) is 1.37. The first kappa shape index (κ1) is 18.1.